The van der Waals surface area contributed by atoms with Crippen molar-refractivity contribution in [2.75, 3.05) is 26.2 Å². The lowest BCUT2D eigenvalue weighted by atomic mass is 9.94. The Morgan fingerprint density at radius 2 is 1.95 bits per heavy atom. The molecule has 0 aliphatic carbocycles. The molecule has 1 aromatic rings. The molecule has 3 nitrogen and oxygen atoms in total. The molecule has 0 bridgehead atoms. The van der Waals surface area contributed by atoms with Crippen molar-refractivity contribution in [3.05, 3.63) is 29.3 Å². The van der Waals surface area contributed by atoms with Crippen LogP contribution in [0.1, 0.15) is 50.8 Å². The molecule has 0 saturated heterocycles. The fraction of sp³-hybridized carbons (Fsp3) is 0.647. The van der Waals surface area contributed by atoms with Gasteiger partial charge in [-0.3, -0.25) is 4.90 Å². The minimum atomic E-state index is 0.485. The molecule has 1 atom stereocenters. The van der Waals surface area contributed by atoms with Crippen LogP contribution in [0.25, 0.3) is 0 Å². The maximum atomic E-state index is 5.68. The van der Waals surface area contributed by atoms with Gasteiger partial charge >= 0.3 is 0 Å². The highest BCUT2D eigenvalue weighted by molar-refractivity contribution is 5.39. The van der Waals surface area contributed by atoms with Crippen molar-refractivity contribution in [3.8, 4) is 5.75 Å². The van der Waals surface area contributed by atoms with Gasteiger partial charge < -0.3 is 10.1 Å². The summed E-state index contributed by atoms with van der Waals surface area (Å²) in [5.41, 5.74) is 2.87. The highest BCUT2D eigenvalue weighted by Gasteiger charge is 2.25. The fourth-order valence-electron chi connectivity index (χ4n) is 3.08. The Kier molecular flexibility index (Phi) is 5.86. The molecule has 0 aromatic heterocycles. The van der Waals surface area contributed by atoms with E-state index in [1.165, 1.54) is 37.1 Å². The smallest absolute Gasteiger partial charge is 0.119 e. The average molecular weight is 276 g/mol. The van der Waals surface area contributed by atoms with Crippen LogP contribution in [0.5, 0.6) is 5.75 Å². The Morgan fingerprint density at radius 1 is 1.20 bits per heavy atom. The van der Waals surface area contributed by atoms with Gasteiger partial charge in [0.05, 0.1) is 6.61 Å². The van der Waals surface area contributed by atoms with Gasteiger partial charge in [-0.2, -0.15) is 0 Å². The summed E-state index contributed by atoms with van der Waals surface area (Å²) in [4.78, 5) is 2.61. The minimum absolute atomic E-state index is 0.485. The molecule has 1 N–H and O–H groups in total. The van der Waals surface area contributed by atoms with E-state index in [4.69, 9.17) is 4.74 Å². The van der Waals surface area contributed by atoms with E-state index in [1.807, 2.05) is 6.92 Å². The molecule has 1 aromatic carbocycles. The molecular weight excluding hydrogens is 248 g/mol. The van der Waals surface area contributed by atoms with E-state index in [2.05, 4.69) is 42.3 Å². The van der Waals surface area contributed by atoms with Crippen molar-refractivity contribution in [2.24, 2.45) is 0 Å². The second-order valence-corrected chi connectivity index (χ2v) is 5.48. The first-order valence-electron chi connectivity index (χ1n) is 8.00. The summed E-state index contributed by atoms with van der Waals surface area (Å²) in [5, 5.41) is 3.56. The third kappa shape index (κ3) is 3.53. The second kappa shape index (κ2) is 7.65. The summed E-state index contributed by atoms with van der Waals surface area (Å²) in [6.45, 7) is 11.6. The molecule has 0 radical (unpaired) electrons. The van der Waals surface area contributed by atoms with Crippen LogP contribution in [0.3, 0.4) is 0 Å². The lowest BCUT2D eigenvalue weighted by Gasteiger charge is -2.36. The van der Waals surface area contributed by atoms with Crippen LogP contribution in [-0.4, -0.2) is 31.1 Å². The van der Waals surface area contributed by atoms with Gasteiger partial charge in [-0.15, -0.1) is 0 Å². The summed E-state index contributed by atoms with van der Waals surface area (Å²) >= 11 is 0. The van der Waals surface area contributed by atoms with Crippen LogP contribution in [-0.2, 0) is 6.54 Å². The molecule has 0 spiro atoms. The highest BCUT2D eigenvalue weighted by Crippen LogP contribution is 2.30. The summed E-state index contributed by atoms with van der Waals surface area (Å²) in [7, 11) is 0. The molecule has 2 rings (SSSR count). The summed E-state index contributed by atoms with van der Waals surface area (Å²) in [5.74, 6) is 1.01. The van der Waals surface area contributed by atoms with Gasteiger partial charge in [0.25, 0.3) is 0 Å². The SMILES string of the molecule is CCCN(CCC)[C@H]1CNCc2ccc(OCC)cc21. The number of ether oxygens (including phenoxy) is 1. The fourth-order valence-corrected chi connectivity index (χ4v) is 3.08. The number of rotatable bonds is 7. The van der Waals surface area contributed by atoms with Gasteiger partial charge in [0.2, 0.25) is 0 Å². The molecule has 1 heterocycles. The predicted molar refractivity (Wildman–Crippen MR) is 84.2 cm³/mol. The average Bonchev–Trinajstić information content (AvgIpc) is 2.47. The Hall–Kier alpha value is -1.06. The predicted octanol–water partition coefficient (Wildman–Crippen LogP) is 3.35. The quantitative estimate of drug-likeness (QED) is 0.826. The van der Waals surface area contributed by atoms with Crippen molar-refractivity contribution in [1.29, 1.82) is 0 Å². The van der Waals surface area contributed by atoms with Crippen molar-refractivity contribution < 1.29 is 4.74 Å². The first-order valence-corrected chi connectivity index (χ1v) is 8.00. The van der Waals surface area contributed by atoms with Crippen LogP contribution in [0, 0.1) is 0 Å². The minimum Gasteiger partial charge on any atom is -0.494 e. The second-order valence-electron chi connectivity index (χ2n) is 5.48. The monoisotopic (exact) mass is 276 g/mol. The van der Waals surface area contributed by atoms with Crippen LogP contribution < -0.4 is 10.1 Å². The molecule has 0 fully saturated rings. The van der Waals surface area contributed by atoms with E-state index < -0.39 is 0 Å². The molecule has 1 aliphatic heterocycles. The standard InChI is InChI=1S/C17H28N2O/c1-4-9-19(10-5-2)17-13-18-12-14-7-8-15(20-6-3)11-16(14)17/h7-8,11,17-18H,4-6,9-10,12-13H2,1-3H3/t17-/m0/s1. The molecule has 1 aliphatic rings. The van der Waals surface area contributed by atoms with Gasteiger partial charge in [-0.05, 0) is 56.1 Å². The van der Waals surface area contributed by atoms with E-state index in [9.17, 15) is 0 Å². The number of hydrogen-bond donors (Lipinski definition) is 1. The largest absolute Gasteiger partial charge is 0.494 e. The zero-order valence-corrected chi connectivity index (χ0v) is 13.1. The van der Waals surface area contributed by atoms with Crippen molar-refractivity contribution in [3.63, 3.8) is 0 Å². The summed E-state index contributed by atoms with van der Waals surface area (Å²) in [6, 6.07) is 7.05. The van der Waals surface area contributed by atoms with E-state index in [0.29, 0.717) is 6.04 Å². The molecule has 0 unspecified atom stereocenters. The van der Waals surface area contributed by atoms with Crippen molar-refractivity contribution >= 4 is 0 Å². The van der Waals surface area contributed by atoms with E-state index in [-0.39, 0.29) is 0 Å². The lowest BCUT2D eigenvalue weighted by molar-refractivity contribution is 0.184. The summed E-state index contributed by atoms with van der Waals surface area (Å²) in [6.07, 6.45) is 2.41. The van der Waals surface area contributed by atoms with Gasteiger partial charge in [-0.25, -0.2) is 0 Å². The number of benzene rings is 1. The zero-order chi connectivity index (χ0) is 14.4. The maximum absolute atomic E-state index is 5.68. The molecule has 0 amide bonds. The highest BCUT2D eigenvalue weighted by atomic mass is 16.5. The number of fused-ring (bicyclic) bond motifs is 1. The molecular formula is C17H28N2O. The number of hydrogen-bond acceptors (Lipinski definition) is 3. The van der Waals surface area contributed by atoms with E-state index in [0.717, 1.165) is 25.4 Å². The van der Waals surface area contributed by atoms with Gasteiger partial charge in [0.1, 0.15) is 5.75 Å². The van der Waals surface area contributed by atoms with Crippen LogP contribution in [0.2, 0.25) is 0 Å². The topological polar surface area (TPSA) is 24.5 Å². The molecule has 0 saturated carbocycles. The normalized spacial score (nSPS) is 18.1. The Morgan fingerprint density at radius 3 is 2.60 bits per heavy atom. The van der Waals surface area contributed by atoms with Crippen LogP contribution in [0.15, 0.2) is 18.2 Å². The summed E-state index contributed by atoms with van der Waals surface area (Å²) < 4.78 is 5.68. The zero-order valence-electron chi connectivity index (χ0n) is 13.1. The molecule has 112 valence electrons. The first kappa shape index (κ1) is 15.3. The van der Waals surface area contributed by atoms with E-state index in [1.54, 1.807) is 0 Å². The lowest BCUT2D eigenvalue weighted by Crippen LogP contribution is -2.40. The Labute approximate surface area is 123 Å². The van der Waals surface area contributed by atoms with E-state index >= 15 is 0 Å². The van der Waals surface area contributed by atoms with Crippen LogP contribution >= 0.6 is 0 Å². The Bertz CT molecular complexity index is 413. The van der Waals surface area contributed by atoms with Crippen molar-refractivity contribution in [2.45, 2.75) is 46.2 Å². The third-order valence-corrected chi connectivity index (χ3v) is 3.90. The maximum Gasteiger partial charge on any atom is 0.119 e. The molecule has 20 heavy (non-hydrogen) atoms. The number of nitrogens with zero attached hydrogens (tertiary/aromatic N) is 1. The third-order valence-electron chi connectivity index (χ3n) is 3.90. The molecule has 3 heteroatoms. The van der Waals surface area contributed by atoms with Gasteiger partial charge in [0, 0.05) is 19.1 Å². The van der Waals surface area contributed by atoms with Gasteiger partial charge in [0.15, 0.2) is 0 Å². The number of nitrogens with one attached hydrogen (secondary N) is 1. The first-order chi connectivity index (χ1) is 9.80. The Balaban J connectivity index is 2.26. The van der Waals surface area contributed by atoms with Gasteiger partial charge in [-0.1, -0.05) is 19.9 Å². The van der Waals surface area contributed by atoms with Crippen LogP contribution in [0.4, 0.5) is 0 Å². The van der Waals surface area contributed by atoms with Crippen molar-refractivity contribution in [1.82, 2.24) is 10.2 Å².